The lowest BCUT2D eigenvalue weighted by molar-refractivity contribution is 0.170. The van der Waals surface area contributed by atoms with Crippen molar-refractivity contribution in [3.05, 3.63) is 41.5 Å². The van der Waals surface area contributed by atoms with Crippen molar-refractivity contribution in [2.75, 3.05) is 37.6 Å². The van der Waals surface area contributed by atoms with Gasteiger partial charge in [0.2, 0.25) is 5.88 Å². The van der Waals surface area contributed by atoms with Gasteiger partial charge in [-0.25, -0.2) is 13.8 Å². The van der Waals surface area contributed by atoms with Crippen molar-refractivity contribution in [3.8, 4) is 5.88 Å². The van der Waals surface area contributed by atoms with Gasteiger partial charge in [-0.2, -0.15) is 17.7 Å². The third kappa shape index (κ3) is 6.96. The molecular formula is C20H27F2N5O4S2. The first kappa shape index (κ1) is 25.6. The highest BCUT2D eigenvalue weighted by Gasteiger charge is 2.30. The van der Waals surface area contributed by atoms with Gasteiger partial charge in [0.1, 0.15) is 5.82 Å². The molecule has 0 bridgehead atoms. The molecule has 0 radical (unpaired) electrons. The summed E-state index contributed by atoms with van der Waals surface area (Å²) in [7, 11) is -3.90. The van der Waals surface area contributed by atoms with E-state index in [1.165, 1.54) is 22.5 Å². The minimum Gasteiger partial charge on any atom is -0.477 e. The van der Waals surface area contributed by atoms with Crippen LogP contribution < -0.4 is 14.8 Å². The van der Waals surface area contributed by atoms with Crippen LogP contribution in [0.1, 0.15) is 19.4 Å². The van der Waals surface area contributed by atoms with Crippen molar-refractivity contribution < 1.29 is 27.0 Å². The fraction of sp³-hybridized carbons (Fsp3) is 0.500. The molecule has 1 aromatic carbocycles. The zero-order chi connectivity index (χ0) is 24.0. The van der Waals surface area contributed by atoms with E-state index < -0.39 is 21.8 Å². The van der Waals surface area contributed by atoms with Crippen LogP contribution in [-0.4, -0.2) is 66.7 Å². The molecule has 0 aliphatic carbocycles. The second-order valence-corrected chi connectivity index (χ2v) is 10.3. The van der Waals surface area contributed by atoms with Crippen molar-refractivity contribution in [1.82, 2.24) is 19.6 Å². The maximum absolute atomic E-state index is 14.0. The number of piperazine rings is 1. The summed E-state index contributed by atoms with van der Waals surface area (Å²) in [6.45, 7) is 4.99. The van der Waals surface area contributed by atoms with E-state index in [1.807, 2.05) is 0 Å². The van der Waals surface area contributed by atoms with Gasteiger partial charge in [-0.05, 0) is 13.0 Å². The summed E-state index contributed by atoms with van der Waals surface area (Å²) in [6, 6.07) is 4.98. The lowest BCUT2D eigenvalue weighted by atomic mass is 10.2. The lowest BCUT2D eigenvalue weighted by Gasteiger charge is -2.32. The first-order valence-electron chi connectivity index (χ1n) is 10.4. The third-order valence-corrected chi connectivity index (χ3v) is 7.40. The Morgan fingerprint density at radius 2 is 2.18 bits per heavy atom. The van der Waals surface area contributed by atoms with Gasteiger partial charge in [0.25, 0.3) is 0 Å². The van der Waals surface area contributed by atoms with Gasteiger partial charge in [-0.3, -0.25) is 4.72 Å². The molecule has 33 heavy (non-hydrogen) atoms. The average Bonchev–Trinajstić information content (AvgIpc) is 2.78. The Bertz CT molecular complexity index is 1060. The lowest BCUT2D eigenvalue weighted by Crippen LogP contribution is -2.53. The van der Waals surface area contributed by atoms with Crippen molar-refractivity contribution in [1.29, 1.82) is 0 Å². The Morgan fingerprint density at radius 1 is 1.39 bits per heavy atom. The SMILES string of the molecule is C[C@H](CO)COc1cc(NS(=O)(=O)N2CCNC[C@@H]2C)nc(SCc2cccc(F)c2F)n1. The molecular weight excluding hydrogens is 476 g/mol. The molecule has 13 heteroatoms. The second-order valence-electron chi connectivity index (χ2n) is 7.75. The Balaban J connectivity index is 1.83. The van der Waals surface area contributed by atoms with E-state index in [0.29, 0.717) is 19.6 Å². The fourth-order valence-corrected chi connectivity index (χ4v) is 5.24. The number of aromatic nitrogens is 2. The standard InChI is InChI=1S/C20H27F2N5O4S2/c1-13(10-28)11-31-18-8-17(26-33(29,30)27-7-6-23-9-14(27)2)24-20(25-18)32-12-15-4-3-5-16(21)19(15)22/h3-5,8,13-14,23,28H,6-7,9-12H2,1-2H3,(H,24,25,26)/t13-,14+/m1/s1. The number of hydrogen-bond acceptors (Lipinski definition) is 8. The van der Waals surface area contributed by atoms with E-state index in [1.54, 1.807) is 13.8 Å². The predicted molar refractivity (Wildman–Crippen MR) is 121 cm³/mol. The van der Waals surface area contributed by atoms with E-state index in [0.717, 1.165) is 17.8 Å². The normalized spacial score (nSPS) is 18.2. The van der Waals surface area contributed by atoms with Crippen molar-refractivity contribution in [2.24, 2.45) is 5.92 Å². The van der Waals surface area contributed by atoms with Crippen LogP contribution in [0, 0.1) is 17.6 Å². The molecule has 2 aromatic rings. The van der Waals surface area contributed by atoms with Gasteiger partial charge >= 0.3 is 10.2 Å². The van der Waals surface area contributed by atoms with Crippen LogP contribution in [0.2, 0.25) is 0 Å². The van der Waals surface area contributed by atoms with Crippen LogP contribution in [0.4, 0.5) is 14.6 Å². The molecule has 9 nitrogen and oxygen atoms in total. The highest BCUT2D eigenvalue weighted by Crippen LogP contribution is 2.26. The number of nitrogens with one attached hydrogen (secondary N) is 2. The fourth-order valence-electron chi connectivity index (χ4n) is 3.05. The number of hydrogen-bond donors (Lipinski definition) is 3. The molecule has 1 aliphatic rings. The first-order valence-corrected chi connectivity index (χ1v) is 12.8. The molecule has 0 saturated carbocycles. The number of halogens is 2. The van der Waals surface area contributed by atoms with Gasteiger partial charge in [0.15, 0.2) is 16.8 Å². The number of nitrogens with zero attached hydrogens (tertiary/aromatic N) is 3. The number of benzene rings is 1. The minimum absolute atomic E-state index is 0.00963. The molecule has 3 N–H and O–H groups in total. The number of anilines is 1. The Hall–Kier alpha value is -2.06. The molecule has 1 aromatic heterocycles. The van der Waals surface area contributed by atoms with Gasteiger partial charge in [0, 0.05) is 55.6 Å². The van der Waals surface area contributed by atoms with Gasteiger partial charge in [-0.15, -0.1) is 0 Å². The molecule has 1 saturated heterocycles. The number of aliphatic hydroxyl groups is 1. The topological polar surface area (TPSA) is 117 Å². The van der Waals surface area contributed by atoms with E-state index in [9.17, 15) is 22.3 Å². The highest BCUT2D eigenvalue weighted by atomic mass is 32.2. The summed E-state index contributed by atoms with van der Waals surface area (Å²) in [6.07, 6.45) is 0. The Labute approximate surface area is 196 Å². The maximum atomic E-state index is 14.0. The van der Waals surface area contributed by atoms with Gasteiger partial charge < -0.3 is 15.2 Å². The predicted octanol–water partition coefficient (Wildman–Crippen LogP) is 2.00. The van der Waals surface area contributed by atoms with Crippen molar-refractivity contribution in [3.63, 3.8) is 0 Å². The zero-order valence-corrected chi connectivity index (χ0v) is 19.9. The van der Waals surface area contributed by atoms with Crippen molar-refractivity contribution in [2.45, 2.75) is 30.8 Å². The first-order chi connectivity index (χ1) is 15.7. The monoisotopic (exact) mass is 503 g/mol. The van der Waals surface area contributed by atoms with Gasteiger partial charge in [0.05, 0.1) is 6.61 Å². The van der Waals surface area contributed by atoms with Crippen molar-refractivity contribution >= 4 is 27.8 Å². The third-order valence-electron chi connectivity index (χ3n) is 4.88. The van der Waals surface area contributed by atoms with E-state index in [2.05, 4.69) is 20.0 Å². The molecule has 2 heterocycles. The number of thioether (sulfide) groups is 1. The molecule has 3 rings (SSSR count). The molecule has 1 aliphatic heterocycles. The van der Waals surface area contributed by atoms with Crippen LogP contribution in [0.15, 0.2) is 29.4 Å². The van der Waals surface area contributed by atoms with Crippen LogP contribution in [0.5, 0.6) is 5.88 Å². The highest BCUT2D eigenvalue weighted by molar-refractivity contribution is 7.98. The summed E-state index contributed by atoms with van der Waals surface area (Å²) in [5.74, 6) is -1.96. The molecule has 1 fully saturated rings. The van der Waals surface area contributed by atoms with Crippen LogP contribution in [0.3, 0.4) is 0 Å². The summed E-state index contributed by atoms with van der Waals surface area (Å²) >= 11 is 1.01. The molecule has 0 amide bonds. The Kier molecular flexibility index (Phi) is 8.82. The van der Waals surface area contributed by atoms with E-state index in [4.69, 9.17) is 4.74 Å². The van der Waals surface area contributed by atoms with Crippen LogP contribution in [0.25, 0.3) is 0 Å². The van der Waals surface area contributed by atoms with Crippen LogP contribution in [-0.2, 0) is 16.0 Å². The number of ether oxygens (including phenoxy) is 1. The molecule has 0 spiro atoms. The molecule has 182 valence electrons. The van der Waals surface area contributed by atoms with E-state index in [-0.39, 0.29) is 53.3 Å². The smallest absolute Gasteiger partial charge is 0.303 e. The Morgan fingerprint density at radius 3 is 2.91 bits per heavy atom. The minimum atomic E-state index is -3.90. The van der Waals surface area contributed by atoms with Crippen LogP contribution >= 0.6 is 11.8 Å². The molecule has 2 atom stereocenters. The number of aliphatic hydroxyl groups excluding tert-OH is 1. The average molecular weight is 504 g/mol. The zero-order valence-electron chi connectivity index (χ0n) is 18.3. The second kappa shape index (κ2) is 11.4. The quantitative estimate of drug-likeness (QED) is 0.333. The summed E-state index contributed by atoms with van der Waals surface area (Å²) in [5.41, 5.74) is 0.126. The maximum Gasteiger partial charge on any atom is 0.303 e. The number of rotatable bonds is 10. The van der Waals surface area contributed by atoms with E-state index >= 15 is 0 Å². The summed E-state index contributed by atoms with van der Waals surface area (Å²) < 4.78 is 62.7. The largest absolute Gasteiger partial charge is 0.477 e. The van der Waals surface area contributed by atoms with Gasteiger partial charge in [-0.1, -0.05) is 30.8 Å². The summed E-state index contributed by atoms with van der Waals surface area (Å²) in [5, 5.41) is 12.5. The molecule has 0 unspecified atom stereocenters. The summed E-state index contributed by atoms with van der Waals surface area (Å²) in [4.78, 5) is 8.46.